The molecule has 0 saturated heterocycles. The zero-order valence-corrected chi connectivity index (χ0v) is 17.5. The van der Waals surface area contributed by atoms with Crippen LogP contribution in [-0.4, -0.2) is 10.9 Å². The Labute approximate surface area is 179 Å². The summed E-state index contributed by atoms with van der Waals surface area (Å²) in [6.45, 7) is 4.13. The Hall–Kier alpha value is -2.88. The number of benzene rings is 3. The largest absolute Gasteiger partial charge is 0.319 e. The van der Waals surface area contributed by atoms with Crippen molar-refractivity contribution in [3.05, 3.63) is 93.5 Å². The second kappa shape index (κ2) is 7.86. The molecule has 0 aliphatic carbocycles. The fraction of sp³-hybridized carbons (Fsp3) is 0.0833. The maximum Gasteiger partial charge on any atom is 0.256 e. The number of hydrogen-bond acceptors (Lipinski definition) is 2. The van der Waals surface area contributed by atoms with Crippen molar-refractivity contribution in [3.63, 3.8) is 0 Å². The first-order valence-electron chi connectivity index (χ1n) is 9.17. The van der Waals surface area contributed by atoms with Gasteiger partial charge in [0, 0.05) is 10.9 Å². The summed E-state index contributed by atoms with van der Waals surface area (Å²) in [5, 5.41) is 4.40. The molecule has 0 unspecified atom stereocenters. The predicted octanol–water partition coefficient (Wildman–Crippen LogP) is 7.08. The van der Waals surface area contributed by atoms with Crippen molar-refractivity contribution in [2.75, 3.05) is 5.32 Å². The lowest BCUT2D eigenvalue weighted by Crippen LogP contribution is -2.14. The predicted molar refractivity (Wildman–Crippen MR) is 121 cm³/mol. The van der Waals surface area contributed by atoms with Crippen LogP contribution in [0.25, 0.3) is 22.2 Å². The lowest BCUT2D eigenvalue weighted by atomic mass is 10.0. The molecule has 1 amide bonds. The van der Waals surface area contributed by atoms with Crippen molar-refractivity contribution in [2.24, 2.45) is 0 Å². The van der Waals surface area contributed by atoms with E-state index in [-0.39, 0.29) is 5.91 Å². The summed E-state index contributed by atoms with van der Waals surface area (Å²) in [5.74, 6) is -0.288. The molecular formula is C24H18Cl2N2O. The minimum Gasteiger partial charge on any atom is -0.319 e. The topological polar surface area (TPSA) is 42.0 Å². The number of anilines is 1. The number of halogens is 2. The van der Waals surface area contributed by atoms with Crippen LogP contribution in [0.15, 0.2) is 66.7 Å². The molecule has 0 aliphatic heterocycles. The van der Waals surface area contributed by atoms with Crippen LogP contribution in [0.3, 0.4) is 0 Å². The van der Waals surface area contributed by atoms with E-state index in [9.17, 15) is 4.79 Å². The van der Waals surface area contributed by atoms with E-state index in [0.717, 1.165) is 22.2 Å². The maximum absolute atomic E-state index is 13.2. The van der Waals surface area contributed by atoms with Gasteiger partial charge in [-0.15, -0.1) is 0 Å². The minimum absolute atomic E-state index is 0.288. The zero-order chi connectivity index (χ0) is 20.5. The highest BCUT2D eigenvalue weighted by Crippen LogP contribution is 2.32. The number of carbonyl (C=O) groups is 1. The molecule has 4 aromatic rings. The third-order valence-electron chi connectivity index (χ3n) is 4.96. The number of amides is 1. The molecule has 1 heterocycles. The summed E-state index contributed by atoms with van der Waals surface area (Å²) in [6, 6.07) is 20.7. The number of aryl methyl sites for hydroxylation is 2. The average Bonchev–Trinajstić information content (AvgIpc) is 2.72. The second-order valence-electron chi connectivity index (χ2n) is 6.92. The van der Waals surface area contributed by atoms with Gasteiger partial charge in [0.15, 0.2) is 0 Å². The summed E-state index contributed by atoms with van der Waals surface area (Å²) < 4.78 is 0. The molecule has 1 aromatic heterocycles. The first-order chi connectivity index (χ1) is 13.9. The van der Waals surface area contributed by atoms with E-state index in [1.54, 1.807) is 18.2 Å². The van der Waals surface area contributed by atoms with Crippen LogP contribution in [0.1, 0.15) is 21.5 Å². The summed E-state index contributed by atoms with van der Waals surface area (Å²) in [6.07, 6.45) is 0. The molecule has 5 heteroatoms. The fourth-order valence-corrected chi connectivity index (χ4v) is 3.70. The van der Waals surface area contributed by atoms with Gasteiger partial charge in [0.25, 0.3) is 5.91 Å². The van der Waals surface area contributed by atoms with Crippen molar-refractivity contribution < 1.29 is 4.79 Å². The van der Waals surface area contributed by atoms with Crippen LogP contribution in [-0.2, 0) is 0 Å². The molecular weight excluding hydrogens is 403 g/mol. The maximum atomic E-state index is 13.2. The number of para-hydroxylation sites is 2. The molecule has 0 atom stereocenters. The van der Waals surface area contributed by atoms with Gasteiger partial charge in [0.05, 0.1) is 32.5 Å². The summed E-state index contributed by atoms with van der Waals surface area (Å²) in [5.41, 5.74) is 5.74. The molecule has 0 spiro atoms. The molecule has 0 aliphatic rings. The van der Waals surface area contributed by atoms with Crippen molar-refractivity contribution in [1.29, 1.82) is 0 Å². The van der Waals surface area contributed by atoms with Gasteiger partial charge < -0.3 is 5.32 Å². The molecule has 1 N–H and O–H groups in total. The Morgan fingerprint density at radius 1 is 0.862 bits per heavy atom. The number of nitrogens with one attached hydrogen (secondary N) is 1. The van der Waals surface area contributed by atoms with Gasteiger partial charge in [-0.05, 0) is 55.3 Å². The van der Waals surface area contributed by atoms with Gasteiger partial charge in [-0.3, -0.25) is 4.79 Å². The van der Waals surface area contributed by atoms with Crippen LogP contribution in [0.2, 0.25) is 10.0 Å². The standard InChI is InChI=1S/C24H18Cl2N2O/c1-14-10-11-16(12-15(14)2)22-13-18(17-6-3-4-9-21(17)27-22)24(29)28-23-19(25)7-5-8-20(23)26/h3-13H,1-2H3,(H,28,29). The molecule has 0 saturated carbocycles. The monoisotopic (exact) mass is 420 g/mol. The lowest BCUT2D eigenvalue weighted by Gasteiger charge is -2.13. The number of hydrogen-bond donors (Lipinski definition) is 1. The number of rotatable bonds is 3. The molecule has 0 fully saturated rings. The average molecular weight is 421 g/mol. The molecule has 3 aromatic carbocycles. The van der Waals surface area contributed by atoms with E-state index in [2.05, 4.69) is 31.3 Å². The van der Waals surface area contributed by atoms with Crippen molar-refractivity contribution in [3.8, 4) is 11.3 Å². The third kappa shape index (κ3) is 3.84. The van der Waals surface area contributed by atoms with E-state index >= 15 is 0 Å². The first-order valence-corrected chi connectivity index (χ1v) is 9.92. The lowest BCUT2D eigenvalue weighted by molar-refractivity contribution is 0.102. The quantitative estimate of drug-likeness (QED) is 0.384. The SMILES string of the molecule is Cc1ccc(-c2cc(C(=O)Nc3c(Cl)cccc3Cl)c3ccccc3n2)cc1C. The number of nitrogens with zero attached hydrogens (tertiary/aromatic N) is 1. The second-order valence-corrected chi connectivity index (χ2v) is 7.74. The smallest absolute Gasteiger partial charge is 0.256 e. The van der Waals surface area contributed by atoms with Crippen LogP contribution < -0.4 is 5.32 Å². The summed E-state index contributed by atoms with van der Waals surface area (Å²) >= 11 is 12.5. The number of pyridine rings is 1. The van der Waals surface area contributed by atoms with Gasteiger partial charge in [0.2, 0.25) is 0 Å². The van der Waals surface area contributed by atoms with Crippen molar-refractivity contribution >= 4 is 45.7 Å². The highest BCUT2D eigenvalue weighted by Gasteiger charge is 2.16. The highest BCUT2D eigenvalue weighted by atomic mass is 35.5. The highest BCUT2D eigenvalue weighted by molar-refractivity contribution is 6.40. The van der Waals surface area contributed by atoms with Crippen LogP contribution in [0, 0.1) is 13.8 Å². The molecule has 3 nitrogen and oxygen atoms in total. The van der Waals surface area contributed by atoms with E-state index in [4.69, 9.17) is 28.2 Å². The van der Waals surface area contributed by atoms with Gasteiger partial charge >= 0.3 is 0 Å². The Bertz CT molecular complexity index is 1230. The van der Waals surface area contributed by atoms with E-state index in [0.29, 0.717) is 21.3 Å². The molecule has 29 heavy (non-hydrogen) atoms. The molecule has 144 valence electrons. The van der Waals surface area contributed by atoms with Gasteiger partial charge in [0.1, 0.15) is 0 Å². The van der Waals surface area contributed by atoms with E-state index in [1.807, 2.05) is 36.4 Å². The van der Waals surface area contributed by atoms with Crippen molar-refractivity contribution in [2.45, 2.75) is 13.8 Å². The van der Waals surface area contributed by atoms with Gasteiger partial charge in [-0.2, -0.15) is 0 Å². The van der Waals surface area contributed by atoms with Crippen LogP contribution in [0.4, 0.5) is 5.69 Å². The van der Waals surface area contributed by atoms with E-state index < -0.39 is 0 Å². The Balaban J connectivity index is 1.84. The van der Waals surface area contributed by atoms with Gasteiger partial charge in [-0.25, -0.2) is 4.98 Å². The molecule has 0 radical (unpaired) electrons. The van der Waals surface area contributed by atoms with Crippen LogP contribution >= 0.6 is 23.2 Å². The number of carbonyl (C=O) groups excluding carboxylic acids is 1. The number of aromatic nitrogens is 1. The normalized spacial score (nSPS) is 10.9. The Kier molecular flexibility index (Phi) is 5.27. The first kappa shape index (κ1) is 19.4. The Morgan fingerprint density at radius 2 is 1.59 bits per heavy atom. The number of fused-ring (bicyclic) bond motifs is 1. The summed E-state index contributed by atoms with van der Waals surface area (Å²) in [7, 11) is 0. The van der Waals surface area contributed by atoms with Gasteiger partial charge in [-0.1, -0.05) is 59.6 Å². The third-order valence-corrected chi connectivity index (χ3v) is 5.59. The fourth-order valence-electron chi connectivity index (χ4n) is 3.21. The van der Waals surface area contributed by atoms with E-state index in [1.165, 1.54) is 11.1 Å². The molecule has 0 bridgehead atoms. The molecule has 4 rings (SSSR count). The zero-order valence-electron chi connectivity index (χ0n) is 16.0. The minimum atomic E-state index is -0.288. The van der Waals surface area contributed by atoms with Crippen LogP contribution in [0.5, 0.6) is 0 Å². The Morgan fingerprint density at radius 3 is 2.31 bits per heavy atom. The summed E-state index contributed by atoms with van der Waals surface area (Å²) in [4.78, 5) is 18.0. The van der Waals surface area contributed by atoms with Crippen molar-refractivity contribution in [1.82, 2.24) is 4.98 Å².